The lowest BCUT2D eigenvalue weighted by Gasteiger charge is -2.01. The molecule has 0 aliphatic heterocycles. The number of azide groups is 1. The summed E-state index contributed by atoms with van der Waals surface area (Å²) >= 11 is 0. The zero-order valence-electron chi connectivity index (χ0n) is 7.55. The molecule has 0 aliphatic carbocycles. The summed E-state index contributed by atoms with van der Waals surface area (Å²) in [5.41, 5.74) is 10.5. The highest BCUT2D eigenvalue weighted by atomic mass is 15.1. The SMILES string of the molecule is Cc1cc(N=[N+]=[N-])c2ccncc2n1. The van der Waals surface area contributed by atoms with E-state index in [4.69, 9.17) is 5.53 Å². The maximum Gasteiger partial charge on any atom is 0.0892 e. The molecule has 0 amide bonds. The van der Waals surface area contributed by atoms with Gasteiger partial charge >= 0.3 is 0 Å². The molecule has 0 unspecified atom stereocenters. The van der Waals surface area contributed by atoms with E-state index >= 15 is 0 Å². The zero-order chi connectivity index (χ0) is 9.97. The van der Waals surface area contributed by atoms with Gasteiger partial charge in [0, 0.05) is 27.9 Å². The number of hydrogen-bond donors (Lipinski definition) is 0. The van der Waals surface area contributed by atoms with Gasteiger partial charge in [-0.3, -0.25) is 9.97 Å². The van der Waals surface area contributed by atoms with Gasteiger partial charge in [0.25, 0.3) is 0 Å². The van der Waals surface area contributed by atoms with Crippen LogP contribution in [0.25, 0.3) is 21.3 Å². The van der Waals surface area contributed by atoms with Gasteiger partial charge in [0.05, 0.1) is 11.7 Å². The van der Waals surface area contributed by atoms with E-state index in [1.54, 1.807) is 24.5 Å². The molecule has 0 atom stereocenters. The average molecular weight is 185 g/mol. The van der Waals surface area contributed by atoms with E-state index in [1.807, 2.05) is 6.92 Å². The third-order valence-electron chi connectivity index (χ3n) is 1.87. The van der Waals surface area contributed by atoms with Crippen LogP contribution in [0, 0.1) is 6.92 Å². The number of nitrogens with zero attached hydrogens (tertiary/aromatic N) is 5. The Bertz CT molecular complexity index is 528. The molecule has 5 nitrogen and oxygen atoms in total. The number of aryl methyl sites for hydroxylation is 1. The highest BCUT2D eigenvalue weighted by Crippen LogP contribution is 2.24. The second-order valence-corrected chi connectivity index (χ2v) is 2.87. The molecular formula is C9H7N5. The summed E-state index contributed by atoms with van der Waals surface area (Å²) in [4.78, 5) is 11.0. The monoisotopic (exact) mass is 185 g/mol. The van der Waals surface area contributed by atoms with E-state index < -0.39 is 0 Å². The summed E-state index contributed by atoms with van der Waals surface area (Å²) in [5.74, 6) is 0. The Morgan fingerprint density at radius 1 is 1.50 bits per heavy atom. The van der Waals surface area contributed by atoms with Crippen molar-refractivity contribution in [2.24, 2.45) is 5.11 Å². The second kappa shape index (κ2) is 3.32. The molecule has 0 aliphatic rings. The van der Waals surface area contributed by atoms with Crippen LogP contribution in [0.4, 0.5) is 5.69 Å². The summed E-state index contributed by atoms with van der Waals surface area (Å²) in [5, 5.41) is 4.43. The van der Waals surface area contributed by atoms with Gasteiger partial charge in [0.2, 0.25) is 0 Å². The first-order chi connectivity index (χ1) is 6.81. The fourth-order valence-corrected chi connectivity index (χ4v) is 1.32. The summed E-state index contributed by atoms with van der Waals surface area (Å²) in [6, 6.07) is 3.54. The molecule has 0 radical (unpaired) electrons. The molecule has 2 aromatic heterocycles. The van der Waals surface area contributed by atoms with E-state index in [1.165, 1.54) is 0 Å². The number of aromatic nitrogens is 2. The van der Waals surface area contributed by atoms with Crippen molar-refractivity contribution in [2.75, 3.05) is 0 Å². The molecule has 5 heteroatoms. The van der Waals surface area contributed by atoms with Crippen molar-refractivity contribution in [3.63, 3.8) is 0 Å². The van der Waals surface area contributed by atoms with E-state index in [0.717, 1.165) is 16.6 Å². The molecule has 0 spiro atoms. The third-order valence-corrected chi connectivity index (χ3v) is 1.87. The molecule has 0 N–H and O–H groups in total. The second-order valence-electron chi connectivity index (χ2n) is 2.87. The topological polar surface area (TPSA) is 74.5 Å². The lowest BCUT2D eigenvalue weighted by atomic mass is 10.2. The number of hydrogen-bond acceptors (Lipinski definition) is 3. The van der Waals surface area contributed by atoms with Crippen LogP contribution >= 0.6 is 0 Å². The quantitative estimate of drug-likeness (QED) is 0.389. The molecule has 2 rings (SSSR count). The molecule has 0 saturated carbocycles. The normalized spacial score (nSPS) is 9.79. The predicted molar refractivity (Wildman–Crippen MR) is 53.1 cm³/mol. The number of fused-ring (bicyclic) bond motifs is 1. The lowest BCUT2D eigenvalue weighted by molar-refractivity contribution is 1.22. The molecule has 0 saturated heterocycles. The van der Waals surface area contributed by atoms with Crippen molar-refractivity contribution in [1.82, 2.24) is 9.97 Å². The van der Waals surface area contributed by atoms with E-state index in [0.29, 0.717) is 5.69 Å². The Morgan fingerprint density at radius 3 is 3.14 bits per heavy atom. The number of pyridine rings is 2. The van der Waals surface area contributed by atoms with Crippen molar-refractivity contribution in [1.29, 1.82) is 0 Å². The van der Waals surface area contributed by atoms with Gasteiger partial charge in [-0.25, -0.2) is 0 Å². The predicted octanol–water partition coefficient (Wildman–Crippen LogP) is 2.88. The molecule has 0 aromatic carbocycles. The molecule has 14 heavy (non-hydrogen) atoms. The maximum atomic E-state index is 8.39. The van der Waals surface area contributed by atoms with E-state index in [2.05, 4.69) is 20.0 Å². The van der Waals surface area contributed by atoms with Crippen molar-refractivity contribution < 1.29 is 0 Å². The summed E-state index contributed by atoms with van der Waals surface area (Å²) in [6.45, 7) is 1.85. The van der Waals surface area contributed by atoms with Gasteiger partial charge in [-0.2, -0.15) is 0 Å². The van der Waals surface area contributed by atoms with E-state index in [9.17, 15) is 0 Å². The first kappa shape index (κ1) is 8.47. The smallest absolute Gasteiger partial charge is 0.0892 e. The van der Waals surface area contributed by atoms with Crippen LogP contribution < -0.4 is 0 Å². The minimum absolute atomic E-state index is 0.595. The molecule has 68 valence electrons. The number of rotatable bonds is 1. The minimum atomic E-state index is 0.595. The van der Waals surface area contributed by atoms with Crippen LogP contribution in [0.3, 0.4) is 0 Å². The van der Waals surface area contributed by atoms with Gasteiger partial charge in [-0.1, -0.05) is 5.11 Å². The van der Waals surface area contributed by atoms with Crippen LogP contribution in [0.5, 0.6) is 0 Å². The zero-order valence-corrected chi connectivity index (χ0v) is 7.55. The van der Waals surface area contributed by atoms with Gasteiger partial charge in [0.1, 0.15) is 0 Å². The standard InChI is InChI=1S/C9H7N5/c1-6-4-8(13-14-10)7-2-3-11-5-9(7)12-6/h2-5H,1H3. The van der Waals surface area contributed by atoms with Crippen molar-refractivity contribution in [2.45, 2.75) is 6.92 Å². The van der Waals surface area contributed by atoms with Crippen molar-refractivity contribution >= 4 is 16.6 Å². The first-order valence-electron chi connectivity index (χ1n) is 4.08. The van der Waals surface area contributed by atoms with Crippen molar-refractivity contribution in [3.8, 4) is 0 Å². The van der Waals surface area contributed by atoms with Crippen LogP contribution in [-0.4, -0.2) is 9.97 Å². The van der Waals surface area contributed by atoms with Gasteiger partial charge in [0.15, 0.2) is 0 Å². The van der Waals surface area contributed by atoms with Gasteiger partial charge in [-0.15, -0.1) is 0 Å². The summed E-state index contributed by atoms with van der Waals surface area (Å²) < 4.78 is 0. The molecule has 0 bridgehead atoms. The molecule has 0 fully saturated rings. The minimum Gasteiger partial charge on any atom is -0.262 e. The highest BCUT2D eigenvalue weighted by Gasteiger charge is 2.01. The third kappa shape index (κ3) is 1.36. The summed E-state index contributed by atoms with van der Waals surface area (Å²) in [7, 11) is 0. The maximum absolute atomic E-state index is 8.39. The Morgan fingerprint density at radius 2 is 2.36 bits per heavy atom. The molecule has 2 aromatic rings. The van der Waals surface area contributed by atoms with Crippen molar-refractivity contribution in [3.05, 3.63) is 40.7 Å². The molecule has 2 heterocycles. The lowest BCUT2D eigenvalue weighted by Crippen LogP contribution is -1.84. The van der Waals surface area contributed by atoms with E-state index in [-0.39, 0.29) is 0 Å². The Balaban J connectivity index is 2.86. The summed E-state index contributed by atoms with van der Waals surface area (Å²) in [6.07, 6.45) is 3.30. The first-order valence-corrected chi connectivity index (χ1v) is 4.08. The van der Waals surface area contributed by atoms with Crippen LogP contribution in [0.15, 0.2) is 29.6 Å². The van der Waals surface area contributed by atoms with Crippen LogP contribution in [0.1, 0.15) is 5.69 Å². The van der Waals surface area contributed by atoms with Gasteiger partial charge in [-0.05, 0) is 24.6 Å². The fraction of sp³-hybridized carbons (Fsp3) is 0.111. The Hall–Kier alpha value is -2.13. The van der Waals surface area contributed by atoms with Crippen LogP contribution in [0.2, 0.25) is 0 Å². The average Bonchev–Trinajstić information content (AvgIpc) is 2.18. The van der Waals surface area contributed by atoms with Crippen LogP contribution in [-0.2, 0) is 0 Å². The Labute approximate surface area is 80.1 Å². The fourth-order valence-electron chi connectivity index (χ4n) is 1.32. The van der Waals surface area contributed by atoms with Gasteiger partial charge < -0.3 is 0 Å². The molecular weight excluding hydrogens is 178 g/mol. The Kier molecular flexibility index (Phi) is 2.01. The largest absolute Gasteiger partial charge is 0.262 e. The highest BCUT2D eigenvalue weighted by molar-refractivity contribution is 5.88.